The number of thiazole rings is 1. The van der Waals surface area contributed by atoms with Crippen LogP contribution in [0.5, 0.6) is 11.5 Å². The van der Waals surface area contributed by atoms with E-state index in [2.05, 4.69) is 10.3 Å². The SMILES string of the molecule is COc1ccc(/C=C/C(=O)OCc2csc(CC(=O)Nc3ccccc3C)n2)cc1OC. The van der Waals surface area contributed by atoms with E-state index < -0.39 is 5.97 Å². The number of carbonyl (C=O) groups excluding carboxylic acids is 2. The summed E-state index contributed by atoms with van der Waals surface area (Å²) >= 11 is 1.36. The van der Waals surface area contributed by atoms with Crippen LogP contribution in [0.15, 0.2) is 53.9 Å². The zero-order chi connectivity index (χ0) is 22.9. The van der Waals surface area contributed by atoms with Gasteiger partial charge in [-0.3, -0.25) is 4.79 Å². The lowest BCUT2D eigenvalue weighted by Crippen LogP contribution is -2.15. The van der Waals surface area contributed by atoms with E-state index in [1.165, 1.54) is 17.4 Å². The molecule has 1 heterocycles. The Hall–Kier alpha value is -3.65. The summed E-state index contributed by atoms with van der Waals surface area (Å²) in [4.78, 5) is 28.7. The minimum absolute atomic E-state index is 0.0328. The maximum atomic E-state index is 12.3. The normalized spacial score (nSPS) is 10.7. The van der Waals surface area contributed by atoms with Gasteiger partial charge < -0.3 is 19.5 Å². The van der Waals surface area contributed by atoms with Crippen molar-refractivity contribution in [3.8, 4) is 11.5 Å². The van der Waals surface area contributed by atoms with E-state index in [1.807, 2.05) is 31.2 Å². The molecule has 0 aliphatic rings. The standard InChI is InChI=1S/C24H24N2O5S/c1-16-6-4-5-7-19(16)26-22(27)13-23-25-18(15-32-23)14-31-24(28)11-9-17-8-10-20(29-2)21(12-17)30-3/h4-12,15H,13-14H2,1-3H3,(H,26,27)/b11-9+. The van der Waals surface area contributed by atoms with Crippen molar-refractivity contribution in [3.63, 3.8) is 0 Å². The average Bonchev–Trinajstić information content (AvgIpc) is 3.24. The van der Waals surface area contributed by atoms with Crippen molar-refractivity contribution in [1.82, 2.24) is 4.98 Å². The van der Waals surface area contributed by atoms with Crippen molar-refractivity contribution in [2.24, 2.45) is 0 Å². The molecule has 8 heteroatoms. The van der Waals surface area contributed by atoms with Crippen molar-refractivity contribution in [2.75, 3.05) is 19.5 Å². The monoisotopic (exact) mass is 452 g/mol. The van der Waals surface area contributed by atoms with Crippen LogP contribution in [0.2, 0.25) is 0 Å². The van der Waals surface area contributed by atoms with Crippen LogP contribution in [-0.4, -0.2) is 31.1 Å². The number of aryl methyl sites for hydroxylation is 1. The molecule has 3 aromatic rings. The molecule has 0 aliphatic carbocycles. The lowest BCUT2D eigenvalue weighted by molar-refractivity contribution is -0.139. The van der Waals surface area contributed by atoms with Crippen molar-refractivity contribution >= 4 is 35.0 Å². The van der Waals surface area contributed by atoms with Gasteiger partial charge in [-0.05, 0) is 42.3 Å². The molecule has 0 saturated carbocycles. The number of carbonyl (C=O) groups is 2. The summed E-state index contributed by atoms with van der Waals surface area (Å²) in [6.07, 6.45) is 3.13. The number of hydrogen-bond donors (Lipinski definition) is 1. The molecule has 0 fully saturated rings. The minimum Gasteiger partial charge on any atom is -0.493 e. The number of nitrogens with one attached hydrogen (secondary N) is 1. The molecule has 0 atom stereocenters. The second-order valence-electron chi connectivity index (χ2n) is 6.83. The summed E-state index contributed by atoms with van der Waals surface area (Å²) in [6, 6.07) is 12.9. The highest BCUT2D eigenvalue weighted by Crippen LogP contribution is 2.28. The van der Waals surface area contributed by atoms with Gasteiger partial charge in [0.2, 0.25) is 5.91 Å². The van der Waals surface area contributed by atoms with Crippen LogP contribution in [-0.2, 0) is 27.4 Å². The van der Waals surface area contributed by atoms with Crippen LogP contribution >= 0.6 is 11.3 Å². The lowest BCUT2D eigenvalue weighted by atomic mass is 10.2. The summed E-state index contributed by atoms with van der Waals surface area (Å²) in [5.74, 6) is 0.547. The third-order valence-corrected chi connectivity index (χ3v) is 5.41. The second-order valence-corrected chi connectivity index (χ2v) is 7.77. The number of nitrogens with zero attached hydrogens (tertiary/aromatic N) is 1. The topological polar surface area (TPSA) is 86.8 Å². The molecule has 0 saturated heterocycles. The fourth-order valence-corrected chi connectivity index (χ4v) is 3.63. The van der Waals surface area contributed by atoms with Crippen molar-refractivity contribution in [3.05, 3.63) is 75.7 Å². The quantitative estimate of drug-likeness (QED) is 0.382. The van der Waals surface area contributed by atoms with Gasteiger partial charge in [-0.25, -0.2) is 9.78 Å². The zero-order valence-electron chi connectivity index (χ0n) is 18.1. The van der Waals surface area contributed by atoms with Crippen LogP contribution in [0.4, 0.5) is 5.69 Å². The number of anilines is 1. The van der Waals surface area contributed by atoms with E-state index in [9.17, 15) is 9.59 Å². The molecular weight excluding hydrogens is 428 g/mol. The first-order valence-corrected chi connectivity index (χ1v) is 10.7. The number of aromatic nitrogens is 1. The van der Waals surface area contributed by atoms with E-state index in [0.717, 1.165) is 16.8 Å². The second kappa shape index (κ2) is 11.1. The molecule has 2 aromatic carbocycles. The number of hydrogen-bond acceptors (Lipinski definition) is 7. The minimum atomic E-state index is -0.494. The van der Waals surface area contributed by atoms with Gasteiger partial charge in [0, 0.05) is 17.1 Å². The van der Waals surface area contributed by atoms with Crippen LogP contribution in [0.3, 0.4) is 0 Å². The molecule has 1 amide bonds. The highest BCUT2D eigenvalue weighted by molar-refractivity contribution is 7.09. The third kappa shape index (κ3) is 6.42. The molecule has 3 rings (SSSR count). The molecule has 166 valence electrons. The maximum Gasteiger partial charge on any atom is 0.331 e. The summed E-state index contributed by atoms with van der Waals surface area (Å²) in [5.41, 5.74) is 3.15. The van der Waals surface area contributed by atoms with E-state index in [1.54, 1.807) is 43.9 Å². The number of para-hydroxylation sites is 1. The Balaban J connectivity index is 1.49. The summed E-state index contributed by atoms with van der Waals surface area (Å²) in [5, 5.41) is 5.32. The fourth-order valence-electron chi connectivity index (χ4n) is 2.86. The van der Waals surface area contributed by atoms with E-state index >= 15 is 0 Å². The van der Waals surface area contributed by atoms with Crippen LogP contribution in [0.25, 0.3) is 6.08 Å². The van der Waals surface area contributed by atoms with Gasteiger partial charge in [0.05, 0.1) is 26.3 Å². The van der Waals surface area contributed by atoms with Gasteiger partial charge >= 0.3 is 5.97 Å². The Kier molecular flexibility index (Phi) is 7.99. The van der Waals surface area contributed by atoms with Crippen molar-refractivity contribution < 1.29 is 23.8 Å². The van der Waals surface area contributed by atoms with Crippen LogP contribution in [0, 0.1) is 6.92 Å². The first-order valence-electron chi connectivity index (χ1n) is 9.84. The lowest BCUT2D eigenvalue weighted by Gasteiger charge is -2.07. The summed E-state index contributed by atoms with van der Waals surface area (Å²) < 4.78 is 15.7. The molecule has 1 aromatic heterocycles. The smallest absolute Gasteiger partial charge is 0.331 e. The molecular formula is C24H24N2O5S. The molecule has 0 bridgehead atoms. The molecule has 1 N–H and O–H groups in total. The first kappa shape index (κ1) is 23.0. The average molecular weight is 453 g/mol. The molecule has 0 aliphatic heterocycles. The maximum absolute atomic E-state index is 12.3. The molecule has 7 nitrogen and oxygen atoms in total. The number of methoxy groups -OCH3 is 2. The Morgan fingerprint density at radius 1 is 1.09 bits per heavy atom. The molecule has 0 radical (unpaired) electrons. The highest BCUT2D eigenvalue weighted by atomic mass is 32.1. The van der Waals surface area contributed by atoms with Crippen LogP contribution in [0.1, 0.15) is 21.8 Å². The Bertz CT molecular complexity index is 1120. The Morgan fingerprint density at radius 3 is 2.62 bits per heavy atom. The predicted octanol–water partition coefficient (Wildman–Crippen LogP) is 4.41. The predicted molar refractivity (Wildman–Crippen MR) is 124 cm³/mol. The van der Waals surface area contributed by atoms with Crippen LogP contribution < -0.4 is 14.8 Å². The molecule has 32 heavy (non-hydrogen) atoms. The van der Waals surface area contributed by atoms with Crippen molar-refractivity contribution in [1.29, 1.82) is 0 Å². The van der Waals surface area contributed by atoms with Gasteiger partial charge in [0.25, 0.3) is 0 Å². The van der Waals surface area contributed by atoms with Crippen molar-refractivity contribution in [2.45, 2.75) is 20.0 Å². The number of amides is 1. The van der Waals surface area contributed by atoms with E-state index in [-0.39, 0.29) is 18.9 Å². The van der Waals surface area contributed by atoms with Gasteiger partial charge in [0.1, 0.15) is 11.6 Å². The number of ether oxygens (including phenoxy) is 3. The van der Waals surface area contributed by atoms with Gasteiger partial charge in [-0.15, -0.1) is 11.3 Å². The van der Waals surface area contributed by atoms with Gasteiger partial charge in [-0.1, -0.05) is 24.3 Å². The first-order chi connectivity index (χ1) is 15.5. The Labute approximate surface area is 190 Å². The van der Waals surface area contributed by atoms with E-state index in [0.29, 0.717) is 22.2 Å². The number of esters is 1. The summed E-state index contributed by atoms with van der Waals surface area (Å²) in [6.45, 7) is 1.97. The largest absolute Gasteiger partial charge is 0.493 e. The van der Waals surface area contributed by atoms with E-state index in [4.69, 9.17) is 14.2 Å². The summed E-state index contributed by atoms with van der Waals surface area (Å²) in [7, 11) is 3.11. The number of rotatable bonds is 9. The van der Waals surface area contributed by atoms with Gasteiger partial charge in [0.15, 0.2) is 11.5 Å². The van der Waals surface area contributed by atoms with Gasteiger partial charge in [-0.2, -0.15) is 0 Å². The number of benzene rings is 2. The fraction of sp³-hybridized carbons (Fsp3) is 0.208. The third-order valence-electron chi connectivity index (χ3n) is 4.51. The molecule has 0 unspecified atom stereocenters. The Morgan fingerprint density at radius 2 is 1.88 bits per heavy atom. The zero-order valence-corrected chi connectivity index (χ0v) is 18.9. The highest BCUT2D eigenvalue weighted by Gasteiger charge is 2.10. The molecule has 0 spiro atoms.